The summed E-state index contributed by atoms with van der Waals surface area (Å²) in [6.07, 6.45) is 5.13. The number of nitrogens with two attached hydrogens (primary N) is 1. The minimum absolute atomic E-state index is 0.300. The highest BCUT2D eigenvalue weighted by molar-refractivity contribution is 7.99. The molecule has 4 heteroatoms. The van der Waals surface area contributed by atoms with E-state index in [1.165, 1.54) is 12.1 Å². The van der Waals surface area contributed by atoms with E-state index in [9.17, 15) is 0 Å². The van der Waals surface area contributed by atoms with Crippen LogP contribution < -0.4 is 5.73 Å². The maximum absolute atomic E-state index is 6.09. The summed E-state index contributed by atoms with van der Waals surface area (Å²) in [5, 5.41) is 4.88. The highest BCUT2D eigenvalue weighted by atomic mass is 32.2. The van der Waals surface area contributed by atoms with Gasteiger partial charge in [0.1, 0.15) is 0 Å². The molecule has 0 spiro atoms. The van der Waals surface area contributed by atoms with Crippen LogP contribution in [0, 0.1) is 0 Å². The van der Waals surface area contributed by atoms with Crippen LogP contribution in [0.1, 0.15) is 32.4 Å². The Balaban J connectivity index is 2.20. The molecule has 3 nitrogen and oxygen atoms in total. The summed E-state index contributed by atoms with van der Waals surface area (Å²) in [6.45, 7) is 4.48. The van der Waals surface area contributed by atoms with E-state index >= 15 is 0 Å². The molecule has 1 aromatic rings. The Morgan fingerprint density at radius 1 is 1.56 bits per heavy atom. The molecule has 2 atom stereocenters. The van der Waals surface area contributed by atoms with Crippen LogP contribution in [0.25, 0.3) is 0 Å². The lowest BCUT2D eigenvalue weighted by molar-refractivity contribution is 0.628. The van der Waals surface area contributed by atoms with Gasteiger partial charge in [0.25, 0.3) is 0 Å². The van der Waals surface area contributed by atoms with E-state index in [1.54, 1.807) is 0 Å². The number of rotatable bonds is 7. The van der Waals surface area contributed by atoms with E-state index in [2.05, 4.69) is 25.0 Å². The fraction of sp³-hybridized carbons (Fsp3) is 0.750. The second-order valence-corrected chi connectivity index (χ2v) is 5.77. The van der Waals surface area contributed by atoms with Gasteiger partial charge in [0.2, 0.25) is 0 Å². The van der Waals surface area contributed by atoms with Crippen molar-refractivity contribution in [1.29, 1.82) is 0 Å². The molecule has 0 saturated carbocycles. The summed E-state index contributed by atoms with van der Waals surface area (Å²) in [7, 11) is 1.98. The summed E-state index contributed by atoms with van der Waals surface area (Å²) in [4.78, 5) is 0. The Hall–Kier alpha value is -0.480. The first kappa shape index (κ1) is 13.6. The van der Waals surface area contributed by atoms with Gasteiger partial charge in [-0.1, -0.05) is 13.8 Å². The number of aromatic nitrogens is 2. The predicted octanol–water partition coefficient (Wildman–Crippen LogP) is 2.21. The number of hydrogen-bond donors (Lipinski definition) is 1. The SMILES string of the molecule is CCC(C)SCC(N)CCc1ccnn1C. The molecule has 0 aliphatic heterocycles. The van der Waals surface area contributed by atoms with Gasteiger partial charge in [-0.15, -0.1) is 0 Å². The molecule has 1 aromatic heterocycles. The third-order valence-corrected chi connectivity index (χ3v) is 4.39. The fourth-order valence-corrected chi connectivity index (χ4v) is 2.45. The Kier molecular flexibility index (Phi) is 5.91. The second kappa shape index (κ2) is 6.97. The van der Waals surface area contributed by atoms with Crippen LogP contribution in [0.3, 0.4) is 0 Å². The predicted molar refractivity (Wildman–Crippen MR) is 71.7 cm³/mol. The topological polar surface area (TPSA) is 43.8 Å². The van der Waals surface area contributed by atoms with Crippen molar-refractivity contribution >= 4 is 11.8 Å². The molecule has 0 aliphatic carbocycles. The first-order valence-electron chi connectivity index (χ1n) is 5.97. The van der Waals surface area contributed by atoms with Crippen LogP contribution in [-0.2, 0) is 13.5 Å². The average Bonchev–Trinajstić information content (AvgIpc) is 2.69. The van der Waals surface area contributed by atoms with Gasteiger partial charge in [0.05, 0.1) is 0 Å². The summed E-state index contributed by atoms with van der Waals surface area (Å²) in [6, 6.07) is 2.36. The third kappa shape index (κ3) is 4.58. The highest BCUT2D eigenvalue weighted by Gasteiger charge is 2.07. The van der Waals surface area contributed by atoms with Crippen LogP contribution >= 0.6 is 11.8 Å². The van der Waals surface area contributed by atoms with Crippen molar-refractivity contribution in [2.75, 3.05) is 5.75 Å². The van der Waals surface area contributed by atoms with Gasteiger partial charge >= 0.3 is 0 Å². The number of nitrogens with zero attached hydrogens (tertiary/aromatic N) is 2. The Morgan fingerprint density at radius 3 is 2.88 bits per heavy atom. The molecule has 0 aromatic carbocycles. The van der Waals surface area contributed by atoms with E-state index < -0.39 is 0 Å². The van der Waals surface area contributed by atoms with Crippen LogP contribution in [-0.4, -0.2) is 26.8 Å². The van der Waals surface area contributed by atoms with Gasteiger partial charge in [0, 0.05) is 36.0 Å². The molecule has 0 aliphatic rings. The maximum atomic E-state index is 6.09. The quantitative estimate of drug-likeness (QED) is 0.796. The molecule has 0 radical (unpaired) electrons. The molecular formula is C12H23N3S. The molecule has 0 amide bonds. The molecule has 0 fully saturated rings. The fourth-order valence-electron chi connectivity index (χ4n) is 1.47. The van der Waals surface area contributed by atoms with Crippen LogP contribution in [0.5, 0.6) is 0 Å². The highest BCUT2D eigenvalue weighted by Crippen LogP contribution is 2.15. The summed E-state index contributed by atoms with van der Waals surface area (Å²) in [5.74, 6) is 1.06. The van der Waals surface area contributed by atoms with Gasteiger partial charge in [-0.2, -0.15) is 16.9 Å². The first-order chi connectivity index (χ1) is 7.63. The van der Waals surface area contributed by atoms with Crippen molar-refractivity contribution < 1.29 is 0 Å². The second-order valence-electron chi connectivity index (χ2n) is 4.30. The third-order valence-electron chi connectivity index (χ3n) is 2.86. The van der Waals surface area contributed by atoms with Gasteiger partial charge in [0.15, 0.2) is 0 Å². The van der Waals surface area contributed by atoms with E-state index in [4.69, 9.17) is 5.73 Å². The number of thioether (sulfide) groups is 1. The summed E-state index contributed by atoms with van der Waals surface area (Å²) < 4.78 is 1.93. The number of aryl methyl sites for hydroxylation is 2. The summed E-state index contributed by atoms with van der Waals surface area (Å²) in [5.41, 5.74) is 7.36. The zero-order valence-corrected chi connectivity index (χ0v) is 11.3. The Bertz CT molecular complexity index is 298. The van der Waals surface area contributed by atoms with E-state index in [1.807, 2.05) is 29.7 Å². The van der Waals surface area contributed by atoms with Gasteiger partial charge in [-0.25, -0.2) is 0 Å². The molecule has 0 saturated heterocycles. The molecule has 16 heavy (non-hydrogen) atoms. The van der Waals surface area contributed by atoms with Crippen molar-refractivity contribution in [2.24, 2.45) is 12.8 Å². The molecule has 1 rings (SSSR count). The van der Waals surface area contributed by atoms with Crippen LogP contribution in [0.15, 0.2) is 12.3 Å². The maximum Gasteiger partial charge on any atom is 0.0492 e. The first-order valence-corrected chi connectivity index (χ1v) is 7.02. The normalized spacial score (nSPS) is 15.0. The van der Waals surface area contributed by atoms with Crippen LogP contribution in [0.2, 0.25) is 0 Å². The standard InChI is InChI=1S/C12H23N3S/c1-4-10(2)16-9-11(13)5-6-12-7-8-14-15(12)3/h7-8,10-11H,4-6,9,13H2,1-3H3. The lowest BCUT2D eigenvalue weighted by atomic mass is 10.1. The molecular weight excluding hydrogens is 218 g/mol. The Labute approximate surface area is 103 Å². The molecule has 92 valence electrons. The van der Waals surface area contributed by atoms with E-state index in [-0.39, 0.29) is 0 Å². The molecule has 2 unspecified atom stereocenters. The van der Waals surface area contributed by atoms with Crippen molar-refractivity contribution in [3.05, 3.63) is 18.0 Å². The zero-order chi connectivity index (χ0) is 12.0. The molecule has 0 bridgehead atoms. The minimum atomic E-state index is 0.300. The Morgan fingerprint density at radius 2 is 2.31 bits per heavy atom. The zero-order valence-electron chi connectivity index (χ0n) is 10.5. The molecule has 1 heterocycles. The van der Waals surface area contributed by atoms with E-state index in [0.29, 0.717) is 6.04 Å². The largest absolute Gasteiger partial charge is 0.327 e. The van der Waals surface area contributed by atoms with Gasteiger partial charge < -0.3 is 5.73 Å². The molecule has 2 N–H and O–H groups in total. The van der Waals surface area contributed by atoms with Gasteiger partial charge in [-0.3, -0.25) is 4.68 Å². The average molecular weight is 241 g/mol. The lowest BCUT2D eigenvalue weighted by Crippen LogP contribution is -2.24. The number of hydrogen-bond acceptors (Lipinski definition) is 3. The van der Waals surface area contributed by atoms with E-state index in [0.717, 1.165) is 23.8 Å². The minimum Gasteiger partial charge on any atom is -0.327 e. The lowest BCUT2D eigenvalue weighted by Gasteiger charge is -2.14. The summed E-state index contributed by atoms with van der Waals surface area (Å²) >= 11 is 1.98. The van der Waals surface area contributed by atoms with Crippen molar-refractivity contribution in [1.82, 2.24) is 9.78 Å². The van der Waals surface area contributed by atoms with Crippen molar-refractivity contribution in [3.8, 4) is 0 Å². The smallest absolute Gasteiger partial charge is 0.0492 e. The monoisotopic (exact) mass is 241 g/mol. The van der Waals surface area contributed by atoms with Crippen molar-refractivity contribution in [2.45, 2.75) is 44.4 Å². The van der Waals surface area contributed by atoms with Gasteiger partial charge in [-0.05, 0) is 25.3 Å². The van der Waals surface area contributed by atoms with Crippen LogP contribution in [0.4, 0.5) is 0 Å². The van der Waals surface area contributed by atoms with Crippen molar-refractivity contribution in [3.63, 3.8) is 0 Å².